The van der Waals surface area contributed by atoms with Crippen LogP contribution in [0.3, 0.4) is 0 Å². The van der Waals surface area contributed by atoms with E-state index in [1.807, 2.05) is 36.4 Å². The molecule has 0 saturated carbocycles. The molecule has 0 fully saturated rings. The van der Waals surface area contributed by atoms with E-state index in [1.165, 1.54) is 0 Å². The topological polar surface area (TPSA) is 59.4 Å². The average molecular weight is 400 g/mol. The molecule has 5 heteroatoms. The molecule has 0 unspecified atom stereocenters. The van der Waals surface area contributed by atoms with E-state index in [-0.39, 0.29) is 5.56 Å². The molecule has 3 aromatic rings. The normalized spacial score (nSPS) is 10.8. The second-order valence-corrected chi connectivity index (χ2v) is 6.67. The third-order valence-electron chi connectivity index (χ3n) is 3.90. The lowest BCUT2D eigenvalue weighted by atomic mass is 10.0. The maximum atomic E-state index is 11.7. The van der Waals surface area contributed by atoms with Gasteiger partial charge in [0.25, 0.3) is 0 Å². The van der Waals surface area contributed by atoms with E-state index in [0.717, 1.165) is 28.6 Å². The molecule has 1 aromatic heterocycles. The number of hydrogen-bond donors (Lipinski definition) is 1. The second kappa shape index (κ2) is 7.66. The summed E-state index contributed by atoms with van der Waals surface area (Å²) in [7, 11) is 0. The van der Waals surface area contributed by atoms with Crippen molar-refractivity contribution in [1.82, 2.24) is 4.98 Å². The van der Waals surface area contributed by atoms with Crippen LogP contribution < -0.4 is 4.74 Å². The molecule has 0 spiro atoms. The number of nitrogens with zero attached hydrogens (tertiary/aromatic N) is 1. The fourth-order valence-electron chi connectivity index (χ4n) is 2.60. The Kier molecular flexibility index (Phi) is 5.34. The first kappa shape index (κ1) is 17.4. The molecular formula is C20H18BrNO3. The van der Waals surface area contributed by atoms with Crippen LogP contribution in [0.1, 0.15) is 30.1 Å². The molecule has 3 rings (SSSR count). The van der Waals surface area contributed by atoms with Crippen LogP contribution in [0.2, 0.25) is 0 Å². The third-order valence-corrected chi connectivity index (χ3v) is 4.39. The van der Waals surface area contributed by atoms with Gasteiger partial charge in [0.2, 0.25) is 0 Å². The Labute approximate surface area is 154 Å². The van der Waals surface area contributed by atoms with Crippen molar-refractivity contribution in [2.24, 2.45) is 0 Å². The van der Waals surface area contributed by atoms with Crippen molar-refractivity contribution < 1.29 is 14.6 Å². The molecule has 0 bridgehead atoms. The van der Waals surface area contributed by atoms with Gasteiger partial charge in [0.05, 0.1) is 23.4 Å². The monoisotopic (exact) mass is 399 g/mol. The standard InChI is InChI=1S/C20H18BrNO3/c1-2-3-9-25-15-6-4-5-13(10-15)19-12-17(20(23)24)16-11-14(21)7-8-18(16)22-19/h4-8,10-12H,2-3,9H2,1H3,(H,23,24). The van der Waals surface area contributed by atoms with E-state index in [0.29, 0.717) is 23.2 Å². The Bertz CT molecular complexity index is 924. The largest absolute Gasteiger partial charge is 0.494 e. The smallest absolute Gasteiger partial charge is 0.336 e. The quantitative estimate of drug-likeness (QED) is 0.552. The zero-order valence-corrected chi connectivity index (χ0v) is 15.4. The number of carboxylic acids is 1. The molecule has 0 amide bonds. The number of hydrogen-bond acceptors (Lipinski definition) is 3. The van der Waals surface area contributed by atoms with Crippen LogP contribution in [-0.2, 0) is 0 Å². The number of unbranched alkanes of at least 4 members (excludes halogenated alkanes) is 1. The number of fused-ring (bicyclic) bond motifs is 1. The van der Waals surface area contributed by atoms with Crippen molar-refractivity contribution in [2.45, 2.75) is 19.8 Å². The summed E-state index contributed by atoms with van der Waals surface area (Å²) in [5, 5.41) is 10.2. The minimum atomic E-state index is -0.970. The summed E-state index contributed by atoms with van der Waals surface area (Å²) in [4.78, 5) is 16.3. The lowest BCUT2D eigenvalue weighted by molar-refractivity contribution is 0.0699. The summed E-state index contributed by atoms with van der Waals surface area (Å²) in [5.41, 5.74) is 2.34. The first-order valence-electron chi connectivity index (χ1n) is 8.15. The zero-order chi connectivity index (χ0) is 17.8. The highest BCUT2D eigenvalue weighted by molar-refractivity contribution is 9.10. The van der Waals surface area contributed by atoms with Crippen molar-refractivity contribution in [2.75, 3.05) is 6.61 Å². The highest BCUT2D eigenvalue weighted by Gasteiger charge is 2.13. The molecule has 0 atom stereocenters. The first-order valence-corrected chi connectivity index (χ1v) is 8.94. The summed E-state index contributed by atoms with van der Waals surface area (Å²) < 4.78 is 6.56. The summed E-state index contributed by atoms with van der Waals surface area (Å²) in [6.07, 6.45) is 2.07. The van der Waals surface area contributed by atoms with Gasteiger partial charge in [-0.1, -0.05) is 41.4 Å². The molecule has 0 aliphatic rings. The number of rotatable bonds is 6. The van der Waals surface area contributed by atoms with Gasteiger partial charge in [-0.2, -0.15) is 0 Å². The Morgan fingerprint density at radius 3 is 2.80 bits per heavy atom. The van der Waals surface area contributed by atoms with Gasteiger partial charge in [0.1, 0.15) is 5.75 Å². The number of aromatic nitrogens is 1. The molecule has 1 heterocycles. The number of carboxylic acid groups (broad SMARTS) is 1. The van der Waals surface area contributed by atoms with Crippen LogP contribution in [0, 0.1) is 0 Å². The first-order chi connectivity index (χ1) is 12.1. The predicted molar refractivity (Wildman–Crippen MR) is 102 cm³/mol. The number of aromatic carboxylic acids is 1. The number of halogens is 1. The fraction of sp³-hybridized carbons (Fsp3) is 0.200. The molecule has 0 aliphatic carbocycles. The SMILES string of the molecule is CCCCOc1cccc(-c2cc(C(=O)O)c3cc(Br)ccc3n2)c1. The van der Waals surface area contributed by atoms with Crippen LogP contribution in [0.5, 0.6) is 5.75 Å². The summed E-state index contributed by atoms with van der Waals surface area (Å²) >= 11 is 3.38. The van der Waals surface area contributed by atoms with Gasteiger partial charge >= 0.3 is 5.97 Å². The van der Waals surface area contributed by atoms with Gasteiger partial charge in [-0.05, 0) is 42.8 Å². The van der Waals surface area contributed by atoms with Gasteiger partial charge in [-0.15, -0.1) is 0 Å². The van der Waals surface area contributed by atoms with Crippen LogP contribution >= 0.6 is 15.9 Å². The maximum absolute atomic E-state index is 11.7. The van der Waals surface area contributed by atoms with Crippen molar-refractivity contribution >= 4 is 32.8 Å². The van der Waals surface area contributed by atoms with Gasteiger partial charge < -0.3 is 9.84 Å². The molecule has 0 radical (unpaired) electrons. The van der Waals surface area contributed by atoms with Gasteiger partial charge in [-0.3, -0.25) is 0 Å². The third kappa shape index (κ3) is 3.99. The van der Waals surface area contributed by atoms with E-state index in [2.05, 4.69) is 27.8 Å². The van der Waals surface area contributed by atoms with Crippen molar-refractivity contribution in [3.05, 3.63) is 58.6 Å². The van der Waals surface area contributed by atoms with Gasteiger partial charge in [0, 0.05) is 15.4 Å². The van der Waals surface area contributed by atoms with Crippen LogP contribution in [-0.4, -0.2) is 22.7 Å². The molecule has 1 N–H and O–H groups in total. The van der Waals surface area contributed by atoms with Crippen LogP contribution in [0.4, 0.5) is 0 Å². The van der Waals surface area contributed by atoms with Crippen LogP contribution in [0.25, 0.3) is 22.2 Å². The van der Waals surface area contributed by atoms with E-state index in [4.69, 9.17) is 4.74 Å². The molecular weight excluding hydrogens is 382 g/mol. The Balaban J connectivity index is 2.05. The van der Waals surface area contributed by atoms with Gasteiger partial charge in [-0.25, -0.2) is 9.78 Å². The molecule has 2 aromatic carbocycles. The molecule has 0 saturated heterocycles. The summed E-state index contributed by atoms with van der Waals surface area (Å²) in [5.74, 6) is -0.206. The molecule has 25 heavy (non-hydrogen) atoms. The highest BCUT2D eigenvalue weighted by Crippen LogP contribution is 2.29. The maximum Gasteiger partial charge on any atom is 0.336 e. The minimum absolute atomic E-state index is 0.235. The predicted octanol–water partition coefficient (Wildman–Crippen LogP) is 5.54. The van der Waals surface area contributed by atoms with Crippen LogP contribution in [0.15, 0.2) is 53.0 Å². The van der Waals surface area contributed by atoms with Gasteiger partial charge in [0.15, 0.2) is 0 Å². The van der Waals surface area contributed by atoms with E-state index < -0.39 is 5.97 Å². The lowest BCUT2D eigenvalue weighted by Gasteiger charge is -2.10. The van der Waals surface area contributed by atoms with Crippen molar-refractivity contribution in [3.63, 3.8) is 0 Å². The van der Waals surface area contributed by atoms with E-state index >= 15 is 0 Å². The summed E-state index contributed by atoms with van der Waals surface area (Å²) in [6, 6.07) is 14.7. The lowest BCUT2D eigenvalue weighted by Crippen LogP contribution is -2.01. The second-order valence-electron chi connectivity index (χ2n) is 5.75. The molecule has 128 valence electrons. The minimum Gasteiger partial charge on any atom is -0.494 e. The molecule has 0 aliphatic heterocycles. The Morgan fingerprint density at radius 2 is 2.04 bits per heavy atom. The zero-order valence-electron chi connectivity index (χ0n) is 13.8. The number of pyridine rings is 1. The Hall–Kier alpha value is -2.40. The average Bonchev–Trinajstić information content (AvgIpc) is 2.61. The van der Waals surface area contributed by atoms with Crippen molar-refractivity contribution in [3.8, 4) is 17.0 Å². The van der Waals surface area contributed by atoms with E-state index in [1.54, 1.807) is 12.1 Å². The highest BCUT2D eigenvalue weighted by atomic mass is 79.9. The molecule has 4 nitrogen and oxygen atoms in total. The fourth-order valence-corrected chi connectivity index (χ4v) is 2.96. The summed E-state index contributed by atoms with van der Waals surface area (Å²) in [6.45, 7) is 2.78. The van der Waals surface area contributed by atoms with E-state index in [9.17, 15) is 9.90 Å². The number of ether oxygens (including phenoxy) is 1. The van der Waals surface area contributed by atoms with Crippen molar-refractivity contribution in [1.29, 1.82) is 0 Å². The Morgan fingerprint density at radius 1 is 1.20 bits per heavy atom. The number of carbonyl (C=O) groups is 1. The number of benzene rings is 2.